The summed E-state index contributed by atoms with van der Waals surface area (Å²) in [6.07, 6.45) is 0. The third-order valence-corrected chi connectivity index (χ3v) is 5.68. The molecule has 0 fully saturated rings. The highest BCUT2D eigenvalue weighted by Gasteiger charge is 2.13. The van der Waals surface area contributed by atoms with Crippen LogP contribution in [0.15, 0.2) is 111 Å². The normalized spacial score (nSPS) is 11.4. The summed E-state index contributed by atoms with van der Waals surface area (Å²) in [7, 11) is 0. The zero-order chi connectivity index (χ0) is 21.7. The highest BCUT2D eigenvalue weighted by Crippen LogP contribution is 2.25. The molecule has 0 radical (unpaired) electrons. The molecule has 2 heterocycles. The Morgan fingerprint density at radius 1 is 0.594 bits per heavy atom. The molecule has 0 aliphatic heterocycles. The molecule has 0 bridgehead atoms. The number of para-hydroxylation sites is 2. The SMILES string of the molecule is O=c1c2ccccc2c2ccccc2c(=O)n1-c1ccc(-c2nc3ccccc3o2)cc1. The Labute approximate surface area is 181 Å². The summed E-state index contributed by atoms with van der Waals surface area (Å²) < 4.78 is 7.07. The Balaban J connectivity index is 1.60. The Kier molecular flexibility index (Phi) is 4.01. The van der Waals surface area contributed by atoms with Crippen LogP contribution in [0.5, 0.6) is 0 Å². The number of aromatic nitrogens is 2. The Hall–Kier alpha value is -4.51. The summed E-state index contributed by atoms with van der Waals surface area (Å²) in [5.41, 5.74) is 2.04. The first-order valence-electron chi connectivity index (χ1n) is 10.2. The molecule has 5 nitrogen and oxygen atoms in total. The van der Waals surface area contributed by atoms with Crippen LogP contribution < -0.4 is 11.1 Å². The maximum Gasteiger partial charge on any atom is 0.265 e. The molecule has 0 atom stereocenters. The van der Waals surface area contributed by atoms with Gasteiger partial charge in [0.25, 0.3) is 11.1 Å². The van der Waals surface area contributed by atoms with Gasteiger partial charge >= 0.3 is 0 Å². The minimum atomic E-state index is -0.351. The molecule has 152 valence electrons. The van der Waals surface area contributed by atoms with E-state index in [1.54, 1.807) is 24.3 Å². The van der Waals surface area contributed by atoms with Crippen molar-refractivity contribution < 1.29 is 4.42 Å². The predicted octanol–water partition coefficient (Wildman–Crippen LogP) is 5.31. The fraction of sp³-hybridized carbons (Fsp3) is 0. The molecule has 0 saturated carbocycles. The van der Waals surface area contributed by atoms with Crippen molar-refractivity contribution in [3.63, 3.8) is 0 Å². The van der Waals surface area contributed by atoms with E-state index in [-0.39, 0.29) is 11.1 Å². The van der Waals surface area contributed by atoms with E-state index >= 15 is 0 Å². The molecule has 5 heteroatoms. The van der Waals surface area contributed by atoms with Crippen molar-refractivity contribution in [3.05, 3.63) is 118 Å². The van der Waals surface area contributed by atoms with Crippen LogP contribution in [-0.2, 0) is 0 Å². The minimum Gasteiger partial charge on any atom is -0.436 e. The second kappa shape index (κ2) is 7.03. The van der Waals surface area contributed by atoms with E-state index in [2.05, 4.69) is 4.98 Å². The number of hydrogen-bond acceptors (Lipinski definition) is 4. The van der Waals surface area contributed by atoms with Gasteiger partial charge in [-0.25, -0.2) is 9.55 Å². The molecular weight excluding hydrogens is 400 g/mol. The molecule has 0 unspecified atom stereocenters. The van der Waals surface area contributed by atoms with Crippen LogP contribution in [0.25, 0.3) is 49.8 Å². The van der Waals surface area contributed by atoms with Crippen molar-refractivity contribution in [1.29, 1.82) is 0 Å². The Morgan fingerprint density at radius 3 is 1.72 bits per heavy atom. The molecule has 0 spiro atoms. The predicted molar refractivity (Wildman–Crippen MR) is 126 cm³/mol. The van der Waals surface area contributed by atoms with Crippen molar-refractivity contribution in [2.45, 2.75) is 0 Å². The molecule has 0 N–H and O–H groups in total. The lowest BCUT2D eigenvalue weighted by molar-refractivity contribution is 0.620. The number of hydrogen-bond donors (Lipinski definition) is 0. The Morgan fingerprint density at radius 2 is 1.12 bits per heavy atom. The van der Waals surface area contributed by atoms with Crippen molar-refractivity contribution >= 4 is 32.6 Å². The van der Waals surface area contributed by atoms with E-state index in [9.17, 15) is 9.59 Å². The smallest absolute Gasteiger partial charge is 0.265 e. The van der Waals surface area contributed by atoms with Gasteiger partial charge in [0.15, 0.2) is 5.58 Å². The molecular formula is C27H16N2O3. The van der Waals surface area contributed by atoms with Gasteiger partial charge in [0.1, 0.15) is 5.52 Å². The average molecular weight is 416 g/mol. The summed E-state index contributed by atoms with van der Waals surface area (Å²) in [5, 5.41) is 2.50. The van der Waals surface area contributed by atoms with E-state index in [1.165, 1.54) is 4.57 Å². The monoisotopic (exact) mass is 416 g/mol. The lowest BCUT2D eigenvalue weighted by Gasteiger charge is -2.04. The first kappa shape index (κ1) is 18.3. The summed E-state index contributed by atoms with van der Waals surface area (Å²) in [4.78, 5) is 31.4. The van der Waals surface area contributed by atoms with Crippen LogP contribution in [0.2, 0.25) is 0 Å². The molecule has 0 aliphatic rings. The fourth-order valence-electron chi connectivity index (χ4n) is 4.13. The number of rotatable bonds is 2. The van der Waals surface area contributed by atoms with Gasteiger partial charge in [0, 0.05) is 16.3 Å². The molecule has 0 amide bonds. The highest BCUT2D eigenvalue weighted by atomic mass is 16.3. The van der Waals surface area contributed by atoms with Gasteiger partial charge < -0.3 is 4.42 Å². The summed E-state index contributed by atoms with van der Waals surface area (Å²) in [6, 6.07) is 29.3. The van der Waals surface area contributed by atoms with Gasteiger partial charge in [-0.1, -0.05) is 48.5 Å². The molecule has 32 heavy (non-hydrogen) atoms. The molecule has 0 aliphatic carbocycles. The average Bonchev–Trinajstić information content (AvgIpc) is 3.25. The van der Waals surface area contributed by atoms with Crippen LogP contribution in [0.3, 0.4) is 0 Å². The molecule has 2 aromatic heterocycles. The molecule has 4 aromatic carbocycles. The number of oxazole rings is 1. The van der Waals surface area contributed by atoms with Crippen LogP contribution in [0.1, 0.15) is 0 Å². The zero-order valence-electron chi connectivity index (χ0n) is 16.9. The summed E-state index contributed by atoms with van der Waals surface area (Å²) >= 11 is 0. The third-order valence-electron chi connectivity index (χ3n) is 5.68. The maximum absolute atomic E-state index is 13.5. The lowest BCUT2D eigenvalue weighted by Crippen LogP contribution is -2.28. The first-order chi connectivity index (χ1) is 15.7. The van der Waals surface area contributed by atoms with E-state index in [1.807, 2.05) is 72.8 Å². The standard InChI is InChI=1S/C27H16N2O3/c30-26-21-9-3-1-7-19(21)20-8-2-4-10-22(20)27(31)29(26)18-15-13-17(14-16-18)25-28-23-11-5-6-12-24(23)32-25/h1-16H. The maximum atomic E-state index is 13.5. The third kappa shape index (κ3) is 2.76. The largest absolute Gasteiger partial charge is 0.436 e. The fourth-order valence-corrected chi connectivity index (χ4v) is 4.13. The zero-order valence-corrected chi connectivity index (χ0v) is 16.9. The molecule has 6 rings (SSSR count). The van der Waals surface area contributed by atoms with Crippen LogP contribution in [0, 0.1) is 0 Å². The van der Waals surface area contributed by atoms with E-state index in [0.717, 1.165) is 21.9 Å². The van der Waals surface area contributed by atoms with Crippen molar-refractivity contribution in [2.24, 2.45) is 0 Å². The van der Waals surface area contributed by atoms with Gasteiger partial charge in [-0.2, -0.15) is 0 Å². The summed E-state index contributed by atoms with van der Waals surface area (Å²) in [6.45, 7) is 0. The minimum absolute atomic E-state index is 0.351. The van der Waals surface area contributed by atoms with Crippen LogP contribution >= 0.6 is 0 Å². The van der Waals surface area contributed by atoms with Crippen molar-refractivity contribution in [3.8, 4) is 17.1 Å². The topological polar surface area (TPSA) is 65.1 Å². The van der Waals surface area contributed by atoms with E-state index in [0.29, 0.717) is 27.9 Å². The van der Waals surface area contributed by atoms with Crippen molar-refractivity contribution in [1.82, 2.24) is 9.55 Å². The van der Waals surface area contributed by atoms with Gasteiger partial charge in [-0.05, 0) is 59.3 Å². The van der Waals surface area contributed by atoms with Gasteiger partial charge in [0.2, 0.25) is 5.89 Å². The quantitative estimate of drug-likeness (QED) is 0.384. The van der Waals surface area contributed by atoms with Gasteiger partial charge in [-0.3, -0.25) is 9.59 Å². The van der Waals surface area contributed by atoms with Crippen LogP contribution in [0.4, 0.5) is 0 Å². The Bertz CT molecular complexity index is 1660. The van der Waals surface area contributed by atoms with E-state index in [4.69, 9.17) is 4.42 Å². The number of fused-ring (bicyclic) bond motifs is 4. The molecule has 0 saturated heterocycles. The first-order valence-corrected chi connectivity index (χ1v) is 10.2. The van der Waals surface area contributed by atoms with E-state index < -0.39 is 0 Å². The number of nitrogens with zero attached hydrogens (tertiary/aromatic N) is 2. The number of benzene rings is 4. The summed E-state index contributed by atoms with van der Waals surface area (Å²) in [5.74, 6) is 0.488. The van der Waals surface area contributed by atoms with Gasteiger partial charge in [-0.15, -0.1) is 0 Å². The van der Waals surface area contributed by atoms with Crippen LogP contribution in [-0.4, -0.2) is 9.55 Å². The second-order valence-electron chi connectivity index (χ2n) is 7.57. The second-order valence-corrected chi connectivity index (χ2v) is 7.57. The lowest BCUT2D eigenvalue weighted by atomic mass is 10.1. The van der Waals surface area contributed by atoms with Crippen molar-refractivity contribution in [2.75, 3.05) is 0 Å². The molecule has 6 aromatic rings. The van der Waals surface area contributed by atoms with Gasteiger partial charge in [0.05, 0.1) is 5.69 Å². The highest BCUT2D eigenvalue weighted by molar-refractivity contribution is 6.05.